The maximum Gasteiger partial charge on any atom is 0.408 e. The summed E-state index contributed by atoms with van der Waals surface area (Å²) in [6.45, 7) is 9.14. The van der Waals surface area contributed by atoms with Gasteiger partial charge in [0.15, 0.2) is 0 Å². The minimum absolute atomic E-state index is 0.0263. The first-order chi connectivity index (χ1) is 15.7. The Labute approximate surface area is 200 Å². The van der Waals surface area contributed by atoms with E-state index in [9.17, 15) is 24.0 Å². The molecule has 0 aromatic heterocycles. The Hall–Kier alpha value is -2.89. The van der Waals surface area contributed by atoms with Crippen molar-refractivity contribution in [3.63, 3.8) is 0 Å². The number of carboxylic acid groups (broad SMARTS) is 1. The van der Waals surface area contributed by atoms with Crippen LogP contribution in [0.15, 0.2) is 0 Å². The second-order valence-electron chi connectivity index (χ2n) is 9.36. The second-order valence-corrected chi connectivity index (χ2v) is 9.36. The number of nitrogens with one attached hydrogen (secondary N) is 3. The van der Waals surface area contributed by atoms with Crippen molar-refractivity contribution in [2.45, 2.75) is 90.4 Å². The van der Waals surface area contributed by atoms with Gasteiger partial charge in [-0.05, 0) is 58.9 Å². The maximum absolute atomic E-state index is 13.0. The van der Waals surface area contributed by atoms with Gasteiger partial charge in [-0.25, -0.2) is 9.59 Å². The van der Waals surface area contributed by atoms with Crippen LogP contribution in [0.25, 0.3) is 0 Å². The van der Waals surface area contributed by atoms with Gasteiger partial charge in [-0.1, -0.05) is 13.8 Å². The van der Waals surface area contributed by atoms with Gasteiger partial charge < -0.3 is 36.3 Å². The molecule has 0 aliphatic carbocycles. The van der Waals surface area contributed by atoms with Crippen LogP contribution < -0.4 is 21.7 Å². The molecule has 0 aliphatic rings. The summed E-state index contributed by atoms with van der Waals surface area (Å²) in [5.41, 5.74) is 4.75. The van der Waals surface area contributed by atoms with Crippen molar-refractivity contribution >= 4 is 29.8 Å². The van der Waals surface area contributed by atoms with Crippen LogP contribution in [-0.2, 0) is 28.7 Å². The van der Waals surface area contributed by atoms with Crippen molar-refractivity contribution in [1.29, 1.82) is 0 Å². The van der Waals surface area contributed by atoms with Crippen molar-refractivity contribution < 1.29 is 38.6 Å². The van der Waals surface area contributed by atoms with Gasteiger partial charge in [0.2, 0.25) is 11.8 Å². The monoisotopic (exact) mass is 488 g/mol. The summed E-state index contributed by atoms with van der Waals surface area (Å²) < 4.78 is 9.79. The molecule has 6 N–H and O–H groups in total. The fraction of sp³-hybridized carbons (Fsp3) is 0.773. The van der Waals surface area contributed by atoms with E-state index in [1.54, 1.807) is 20.8 Å². The molecule has 0 rings (SSSR count). The topological polar surface area (TPSA) is 186 Å². The molecule has 0 radical (unpaired) electrons. The summed E-state index contributed by atoms with van der Waals surface area (Å²) in [6.07, 6.45) is 0.197. The standard InChI is InChI=1S/C22H40N4O8/c1-13(2)11-15(19(30)25-16(12-17(27)28)20(31)33-6)24-18(29)14(9-7-8-10-23)26-21(32)34-22(3,4)5/h13-16H,7-12,23H2,1-6H3,(H,24,29)(H,25,30)(H,26,32)(H,27,28)/t14-,15-,16-/m0/s1. The lowest BCUT2D eigenvalue weighted by atomic mass is 10.0. The fourth-order valence-corrected chi connectivity index (χ4v) is 2.97. The molecule has 0 unspecified atom stereocenters. The molecule has 3 atom stereocenters. The maximum atomic E-state index is 13.0. The van der Waals surface area contributed by atoms with Gasteiger partial charge in [0.1, 0.15) is 23.7 Å². The highest BCUT2D eigenvalue weighted by molar-refractivity contribution is 5.93. The van der Waals surface area contributed by atoms with Crippen LogP contribution in [0.2, 0.25) is 0 Å². The van der Waals surface area contributed by atoms with Crippen LogP contribution >= 0.6 is 0 Å². The molecule has 0 saturated carbocycles. The van der Waals surface area contributed by atoms with Gasteiger partial charge in [-0.3, -0.25) is 14.4 Å². The first-order valence-electron chi connectivity index (χ1n) is 11.3. The van der Waals surface area contributed by atoms with E-state index in [-0.39, 0.29) is 18.8 Å². The van der Waals surface area contributed by atoms with Crippen LogP contribution in [0.4, 0.5) is 4.79 Å². The van der Waals surface area contributed by atoms with Crippen molar-refractivity contribution in [1.82, 2.24) is 16.0 Å². The highest BCUT2D eigenvalue weighted by Crippen LogP contribution is 2.11. The lowest BCUT2D eigenvalue weighted by Gasteiger charge is -2.26. The van der Waals surface area contributed by atoms with Crippen LogP contribution in [0.1, 0.15) is 66.7 Å². The SMILES string of the molecule is COC(=O)[C@H](CC(=O)O)NC(=O)[C@H](CC(C)C)NC(=O)[C@H](CCCCN)NC(=O)OC(C)(C)C. The minimum atomic E-state index is -1.41. The Bertz CT molecular complexity index is 706. The number of carbonyl (C=O) groups excluding carboxylic acids is 4. The van der Waals surface area contributed by atoms with Crippen molar-refractivity contribution in [2.75, 3.05) is 13.7 Å². The van der Waals surface area contributed by atoms with Gasteiger partial charge in [-0.2, -0.15) is 0 Å². The molecule has 12 heteroatoms. The first-order valence-corrected chi connectivity index (χ1v) is 11.3. The Morgan fingerprint density at radius 3 is 1.94 bits per heavy atom. The average Bonchev–Trinajstić information content (AvgIpc) is 2.69. The Balaban J connectivity index is 5.55. The van der Waals surface area contributed by atoms with Crippen LogP contribution in [0.3, 0.4) is 0 Å². The number of aliphatic carboxylic acids is 1. The second kappa shape index (κ2) is 15.1. The molecular formula is C22H40N4O8. The number of ether oxygens (including phenoxy) is 2. The molecule has 0 aromatic rings. The molecule has 3 amide bonds. The third-order valence-electron chi connectivity index (χ3n) is 4.48. The van der Waals surface area contributed by atoms with E-state index in [4.69, 9.17) is 15.6 Å². The Kier molecular flexibility index (Phi) is 13.8. The quantitative estimate of drug-likeness (QED) is 0.173. The van der Waals surface area contributed by atoms with E-state index in [0.29, 0.717) is 19.4 Å². The van der Waals surface area contributed by atoms with E-state index < -0.39 is 60.0 Å². The molecule has 0 aromatic carbocycles. The van der Waals surface area contributed by atoms with Crippen molar-refractivity contribution in [3.05, 3.63) is 0 Å². The largest absolute Gasteiger partial charge is 0.481 e. The molecule has 0 fully saturated rings. The Morgan fingerprint density at radius 1 is 0.912 bits per heavy atom. The smallest absolute Gasteiger partial charge is 0.408 e. The molecule has 34 heavy (non-hydrogen) atoms. The predicted molar refractivity (Wildman–Crippen MR) is 124 cm³/mol. The normalized spacial score (nSPS) is 13.9. The van der Waals surface area contributed by atoms with E-state index in [1.165, 1.54) is 0 Å². The molecule has 0 aliphatic heterocycles. The van der Waals surface area contributed by atoms with Crippen LogP contribution in [0.5, 0.6) is 0 Å². The van der Waals surface area contributed by atoms with Crippen molar-refractivity contribution in [3.8, 4) is 0 Å². The molecular weight excluding hydrogens is 448 g/mol. The summed E-state index contributed by atoms with van der Waals surface area (Å²) in [4.78, 5) is 61.1. The zero-order valence-corrected chi connectivity index (χ0v) is 20.9. The zero-order chi connectivity index (χ0) is 26.5. The van der Waals surface area contributed by atoms with E-state index in [2.05, 4.69) is 20.7 Å². The third-order valence-corrected chi connectivity index (χ3v) is 4.48. The number of carboxylic acids is 1. The number of amides is 3. The van der Waals surface area contributed by atoms with Gasteiger partial charge in [0.05, 0.1) is 13.5 Å². The third kappa shape index (κ3) is 13.6. The van der Waals surface area contributed by atoms with Crippen LogP contribution in [0, 0.1) is 5.92 Å². The predicted octanol–water partition coefficient (Wildman–Crippen LogP) is 0.672. The van der Waals surface area contributed by atoms with Gasteiger partial charge in [-0.15, -0.1) is 0 Å². The van der Waals surface area contributed by atoms with E-state index in [0.717, 1.165) is 7.11 Å². The number of hydrogen-bond acceptors (Lipinski definition) is 8. The molecule has 196 valence electrons. The molecule has 0 saturated heterocycles. The van der Waals surface area contributed by atoms with Crippen molar-refractivity contribution in [2.24, 2.45) is 11.7 Å². The first kappa shape index (κ1) is 31.1. The van der Waals surface area contributed by atoms with Gasteiger partial charge in [0.25, 0.3) is 0 Å². The lowest BCUT2D eigenvalue weighted by Crippen LogP contribution is -2.56. The summed E-state index contributed by atoms with van der Waals surface area (Å²) in [5, 5.41) is 16.5. The highest BCUT2D eigenvalue weighted by Gasteiger charge is 2.32. The minimum Gasteiger partial charge on any atom is -0.481 e. The number of nitrogens with two attached hydrogens (primary N) is 1. The Morgan fingerprint density at radius 2 is 1.47 bits per heavy atom. The van der Waals surface area contributed by atoms with Gasteiger partial charge >= 0.3 is 18.0 Å². The number of rotatable bonds is 14. The highest BCUT2D eigenvalue weighted by atomic mass is 16.6. The summed E-state index contributed by atoms with van der Waals surface area (Å²) in [6, 6.07) is -3.48. The van der Waals surface area contributed by atoms with Gasteiger partial charge in [0, 0.05) is 0 Å². The number of unbranched alkanes of at least 4 members (excludes halogenated alkanes) is 1. The molecule has 0 bridgehead atoms. The lowest BCUT2D eigenvalue weighted by molar-refractivity contribution is -0.149. The van der Waals surface area contributed by atoms with Crippen LogP contribution in [-0.4, -0.2) is 72.3 Å². The van der Waals surface area contributed by atoms with E-state index in [1.807, 2.05) is 13.8 Å². The number of methoxy groups -OCH3 is 1. The number of alkyl carbamates (subject to hydrolysis) is 1. The zero-order valence-electron chi connectivity index (χ0n) is 20.9. The average molecular weight is 489 g/mol. The number of hydrogen-bond donors (Lipinski definition) is 5. The number of carbonyl (C=O) groups is 5. The molecule has 0 spiro atoms. The number of esters is 1. The summed E-state index contributed by atoms with van der Waals surface area (Å²) in [7, 11) is 1.07. The summed E-state index contributed by atoms with van der Waals surface area (Å²) >= 11 is 0. The molecule has 0 heterocycles. The fourth-order valence-electron chi connectivity index (χ4n) is 2.97. The molecule has 12 nitrogen and oxygen atoms in total. The summed E-state index contributed by atoms with van der Waals surface area (Å²) in [5.74, 6) is -3.60. The van der Waals surface area contributed by atoms with E-state index >= 15 is 0 Å².